The highest BCUT2D eigenvalue weighted by atomic mass is 16.5. The van der Waals surface area contributed by atoms with E-state index >= 15 is 0 Å². The van der Waals surface area contributed by atoms with Crippen molar-refractivity contribution in [1.82, 2.24) is 15.3 Å². The molecule has 1 amide bonds. The van der Waals surface area contributed by atoms with Gasteiger partial charge in [0.2, 0.25) is 5.88 Å². The summed E-state index contributed by atoms with van der Waals surface area (Å²) in [5, 5.41) is 11.3. The largest absolute Gasteiger partial charge is 0.481 e. The van der Waals surface area contributed by atoms with Gasteiger partial charge in [-0.15, -0.1) is 0 Å². The molecule has 0 saturated heterocycles. The Morgan fingerprint density at radius 2 is 2.09 bits per heavy atom. The van der Waals surface area contributed by atoms with Crippen molar-refractivity contribution in [2.75, 3.05) is 6.54 Å². The molecule has 0 aliphatic heterocycles. The minimum Gasteiger partial charge on any atom is -0.481 e. The van der Waals surface area contributed by atoms with E-state index in [1.54, 1.807) is 30.5 Å². The fourth-order valence-electron chi connectivity index (χ4n) is 1.86. The van der Waals surface area contributed by atoms with Crippen LogP contribution in [0.3, 0.4) is 0 Å². The molecule has 0 saturated carbocycles. The highest BCUT2D eigenvalue weighted by molar-refractivity contribution is 5.94. The Bertz CT molecular complexity index is 661. The minimum atomic E-state index is -0.829. The van der Waals surface area contributed by atoms with Crippen molar-refractivity contribution in [1.29, 1.82) is 0 Å². The average Bonchev–Trinajstić information content (AvgIpc) is 2.55. The highest BCUT2D eigenvalue weighted by Gasteiger charge is 2.07. The number of carboxylic acid groups (broad SMARTS) is 1. The summed E-state index contributed by atoms with van der Waals surface area (Å²) in [4.78, 5) is 30.3. The number of carboxylic acids is 1. The Labute approximate surface area is 133 Å². The second kappa shape index (κ2) is 8.47. The number of nitrogens with one attached hydrogen (secondary N) is 1. The lowest BCUT2D eigenvalue weighted by Crippen LogP contribution is -2.24. The first-order valence-corrected chi connectivity index (χ1v) is 7.19. The number of amides is 1. The summed E-state index contributed by atoms with van der Waals surface area (Å²) in [6.45, 7) is 0.432. The van der Waals surface area contributed by atoms with Crippen LogP contribution in [0.25, 0.3) is 0 Å². The number of hydrogen-bond donors (Lipinski definition) is 2. The molecule has 2 aromatic rings. The average molecular weight is 315 g/mol. The van der Waals surface area contributed by atoms with Gasteiger partial charge in [-0.1, -0.05) is 6.07 Å². The van der Waals surface area contributed by atoms with E-state index in [2.05, 4.69) is 15.3 Å². The number of benzene rings is 1. The zero-order valence-electron chi connectivity index (χ0n) is 12.4. The second-order valence-electron chi connectivity index (χ2n) is 4.78. The van der Waals surface area contributed by atoms with Gasteiger partial charge in [-0.2, -0.15) is 0 Å². The number of aliphatic carboxylic acids is 1. The first-order valence-electron chi connectivity index (χ1n) is 7.19. The van der Waals surface area contributed by atoms with Crippen LogP contribution in [-0.2, 0) is 4.79 Å². The first kappa shape index (κ1) is 16.4. The van der Waals surface area contributed by atoms with Crippen LogP contribution in [-0.4, -0.2) is 33.5 Å². The summed E-state index contributed by atoms with van der Waals surface area (Å²) in [6.07, 6.45) is 5.80. The lowest BCUT2D eigenvalue weighted by molar-refractivity contribution is -0.137. The maximum atomic E-state index is 12.0. The summed E-state index contributed by atoms with van der Waals surface area (Å²) in [5.41, 5.74) is 0.463. The monoisotopic (exact) mass is 315 g/mol. The molecule has 7 nitrogen and oxygen atoms in total. The Morgan fingerprint density at radius 1 is 1.22 bits per heavy atom. The van der Waals surface area contributed by atoms with Crippen molar-refractivity contribution in [2.45, 2.75) is 19.3 Å². The highest BCUT2D eigenvalue weighted by Crippen LogP contribution is 2.19. The van der Waals surface area contributed by atoms with Gasteiger partial charge in [0.1, 0.15) is 5.75 Å². The predicted octanol–water partition coefficient (Wildman–Crippen LogP) is 2.25. The van der Waals surface area contributed by atoms with Gasteiger partial charge >= 0.3 is 5.97 Å². The van der Waals surface area contributed by atoms with Gasteiger partial charge in [0.25, 0.3) is 5.91 Å². The number of nitrogens with zero attached hydrogens (tertiary/aromatic N) is 2. The van der Waals surface area contributed by atoms with Crippen LogP contribution in [0.2, 0.25) is 0 Å². The Kier molecular flexibility index (Phi) is 6.05. The Hall–Kier alpha value is -2.96. The molecule has 120 valence electrons. The van der Waals surface area contributed by atoms with Crippen molar-refractivity contribution >= 4 is 11.9 Å². The van der Waals surface area contributed by atoms with Crippen LogP contribution >= 0.6 is 0 Å². The van der Waals surface area contributed by atoms with E-state index in [1.807, 2.05) is 0 Å². The Morgan fingerprint density at radius 3 is 2.83 bits per heavy atom. The van der Waals surface area contributed by atoms with Crippen LogP contribution in [0.1, 0.15) is 29.6 Å². The zero-order chi connectivity index (χ0) is 16.5. The lowest BCUT2D eigenvalue weighted by atomic mass is 10.2. The molecule has 1 aromatic heterocycles. The molecule has 1 aromatic carbocycles. The van der Waals surface area contributed by atoms with E-state index in [9.17, 15) is 9.59 Å². The van der Waals surface area contributed by atoms with E-state index < -0.39 is 5.97 Å². The number of aromatic nitrogens is 2. The first-order chi connectivity index (χ1) is 11.1. The number of ether oxygens (including phenoxy) is 1. The maximum absolute atomic E-state index is 12.0. The fourth-order valence-corrected chi connectivity index (χ4v) is 1.86. The summed E-state index contributed by atoms with van der Waals surface area (Å²) in [5.74, 6) is -0.224. The predicted molar refractivity (Wildman–Crippen MR) is 82.4 cm³/mol. The molecule has 0 aliphatic rings. The van der Waals surface area contributed by atoms with Crippen LogP contribution < -0.4 is 10.1 Å². The normalized spacial score (nSPS) is 10.1. The third-order valence-electron chi connectivity index (χ3n) is 2.96. The summed E-state index contributed by atoms with van der Waals surface area (Å²) >= 11 is 0. The maximum Gasteiger partial charge on any atom is 0.303 e. The molecule has 2 rings (SSSR count). The van der Waals surface area contributed by atoms with Crippen LogP contribution in [0.4, 0.5) is 0 Å². The van der Waals surface area contributed by atoms with Gasteiger partial charge in [0.05, 0.1) is 6.20 Å². The topological polar surface area (TPSA) is 101 Å². The Balaban J connectivity index is 1.86. The van der Waals surface area contributed by atoms with E-state index in [1.165, 1.54) is 12.4 Å². The van der Waals surface area contributed by atoms with Gasteiger partial charge in [-0.05, 0) is 31.0 Å². The SMILES string of the molecule is O=C(O)CCCCNC(=O)c1cccc(Oc2cnccn2)c1. The molecule has 0 spiro atoms. The molecule has 0 atom stereocenters. The molecule has 0 radical (unpaired) electrons. The number of hydrogen-bond acceptors (Lipinski definition) is 5. The van der Waals surface area contributed by atoms with Crippen molar-refractivity contribution in [2.24, 2.45) is 0 Å². The van der Waals surface area contributed by atoms with Crippen molar-refractivity contribution in [3.63, 3.8) is 0 Å². The number of rotatable bonds is 8. The minimum absolute atomic E-state index is 0.108. The van der Waals surface area contributed by atoms with Crippen LogP contribution in [0.5, 0.6) is 11.6 Å². The molecule has 7 heteroatoms. The van der Waals surface area contributed by atoms with Gasteiger partial charge in [-0.25, -0.2) is 4.98 Å². The van der Waals surface area contributed by atoms with E-state index in [4.69, 9.17) is 9.84 Å². The molecule has 0 fully saturated rings. The molecule has 1 heterocycles. The standard InChI is InChI=1S/C16H17N3O4/c20-15(21)6-1-2-7-19-16(22)12-4-3-5-13(10-12)23-14-11-17-8-9-18-14/h3-5,8-11H,1-2,6-7H2,(H,19,22)(H,20,21). The molecule has 23 heavy (non-hydrogen) atoms. The molecular weight excluding hydrogens is 298 g/mol. The third-order valence-corrected chi connectivity index (χ3v) is 2.96. The third kappa shape index (κ3) is 5.74. The fraction of sp³-hybridized carbons (Fsp3) is 0.250. The molecule has 0 aliphatic carbocycles. The molecule has 0 unspecified atom stereocenters. The van der Waals surface area contributed by atoms with Crippen LogP contribution in [0, 0.1) is 0 Å². The van der Waals surface area contributed by atoms with Crippen molar-refractivity contribution in [3.05, 3.63) is 48.4 Å². The molecule has 2 N–H and O–H groups in total. The molecular formula is C16H17N3O4. The van der Waals surface area contributed by atoms with E-state index in [0.29, 0.717) is 36.6 Å². The number of carbonyl (C=O) groups is 2. The summed E-state index contributed by atoms with van der Waals surface area (Å²) in [7, 11) is 0. The van der Waals surface area contributed by atoms with Gasteiger partial charge in [0.15, 0.2) is 0 Å². The van der Waals surface area contributed by atoms with Gasteiger partial charge < -0.3 is 15.2 Å². The van der Waals surface area contributed by atoms with Gasteiger partial charge in [-0.3, -0.25) is 14.6 Å². The van der Waals surface area contributed by atoms with E-state index in [-0.39, 0.29) is 12.3 Å². The lowest BCUT2D eigenvalue weighted by Gasteiger charge is -2.07. The van der Waals surface area contributed by atoms with Crippen LogP contribution in [0.15, 0.2) is 42.9 Å². The van der Waals surface area contributed by atoms with Crippen molar-refractivity contribution in [3.8, 4) is 11.6 Å². The van der Waals surface area contributed by atoms with Crippen molar-refractivity contribution < 1.29 is 19.4 Å². The smallest absolute Gasteiger partial charge is 0.303 e. The van der Waals surface area contributed by atoms with Gasteiger partial charge in [0, 0.05) is 30.9 Å². The summed E-state index contributed by atoms with van der Waals surface area (Å²) in [6, 6.07) is 6.72. The number of unbranched alkanes of at least 4 members (excludes halogenated alkanes) is 1. The summed E-state index contributed by atoms with van der Waals surface area (Å²) < 4.78 is 5.52. The zero-order valence-corrected chi connectivity index (χ0v) is 12.4. The van der Waals surface area contributed by atoms with E-state index in [0.717, 1.165) is 0 Å². The second-order valence-corrected chi connectivity index (χ2v) is 4.78. The molecule has 0 bridgehead atoms. The number of carbonyl (C=O) groups excluding carboxylic acids is 1. The quantitative estimate of drug-likeness (QED) is 0.725.